The molecule has 3 N–H and O–H groups in total. The molecule has 4 nitrogen and oxygen atoms in total. The number of hydrogen-bond donors (Lipinski definition) is 2. The maximum Gasteiger partial charge on any atom is 0.163 e. The molecule has 0 aliphatic heterocycles. The fraction of sp³-hybridized carbons (Fsp3) is 0.455. The number of anilines is 1. The molecule has 2 atom stereocenters. The minimum Gasteiger partial charge on any atom is -0.378 e. The number of pyridine rings is 1. The minimum atomic E-state index is 0.191. The van der Waals surface area contributed by atoms with Gasteiger partial charge in [0.05, 0.1) is 5.69 Å². The highest BCUT2D eigenvalue weighted by atomic mass is 15.0. The van der Waals surface area contributed by atoms with Crippen LogP contribution in [0.2, 0.25) is 0 Å². The van der Waals surface area contributed by atoms with Gasteiger partial charge in [0.25, 0.3) is 0 Å². The van der Waals surface area contributed by atoms with Crippen molar-refractivity contribution in [3.63, 3.8) is 0 Å². The molecule has 0 spiro atoms. The molecule has 1 heterocycles. The van der Waals surface area contributed by atoms with Gasteiger partial charge in [0, 0.05) is 18.3 Å². The third kappa shape index (κ3) is 2.08. The molecule has 1 aromatic heterocycles. The van der Waals surface area contributed by atoms with Crippen LogP contribution in [-0.4, -0.2) is 17.1 Å². The molecule has 2 unspecified atom stereocenters. The van der Waals surface area contributed by atoms with Crippen LogP contribution in [0, 0.1) is 11.3 Å². The van der Waals surface area contributed by atoms with E-state index in [9.17, 15) is 0 Å². The third-order valence-corrected chi connectivity index (χ3v) is 2.82. The molecule has 0 amide bonds. The molecule has 4 heteroatoms. The standard InChI is InChI=1S/C11H14N4/c12-7-11-10(5-2-6-14-11)15-9-4-1-3-8(9)13/h2,5-6,8-9,15H,1,3-4,13H2. The molecule has 0 saturated heterocycles. The van der Waals surface area contributed by atoms with Gasteiger partial charge in [-0.2, -0.15) is 5.26 Å². The number of nitrogens with two attached hydrogens (primary N) is 1. The van der Waals surface area contributed by atoms with Crippen LogP contribution >= 0.6 is 0 Å². The maximum atomic E-state index is 8.87. The Bertz CT molecular complexity index is 382. The van der Waals surface area contributed by atoms with Crippen molar-refractivity contribution in [2.75, 3.05) is 5.32 Å². The second-order valence-corrected chi connectivity index (χ2v) is 3.86. The summed E-state index contributed by atoms with van der Waals surface area (Å²) in [6, 6.07) is 6.24. The zero-order valence-electron chi connectivity index (χ0n) is 8.48. The Balaban J connectivity index is 2.14. The highest BCUT2D eigenvalue weighted by Gasteiger charge is 2.24. The molecule has 1 aliphatic carbocycles. The summed E-state index contributed by atoms with van der Waals surface area (Å²) in [5, 5.41) is 12.2. The highest BCUT2D eigenvalue weighted by molar-refractivity contribution is 5.54. The lowest BCUT2D eigenvalue weighted by Crippen LogP contribution is -2.35. The largest absolute Gasteiger partial charge is 0.378 e. The third-order valence-electron chi connectivity index (χ3n) is 2.82. The van der Waals surface area contributed by atoms with Crippen molar-refractivity contribution in [3.8, 4) is 6.07 Å². The van der Waals surface area contributed by atoms with Crippen molar-refractivity contribution in [2.24, 2.45) is 5.73 Å². The lowest BCUT2D eigenvalue weighted by atomic mass is 10.1. The van der Waals surface area contributed by atoms with Gasteiger partial charge in [0.2, 0.25) is 0 Å². The second kappa shape index (κ2) is 4.28. The van der Waals surface area contributed by atoms with E-state index in [-0.39, 0.29) is 12.1 Å². The molecule has 1 saturated carbocycles. The maximum absolute atomic E-state index is 8.87. The zero-order chi connectivity index (χ0) is 10.7. The molecular weight excluding hydrogens is 188 g/mol. The van der Waals surface area contributed by atoms with Crippen LogP contribution in [-0.2, 0) is 0 Å². The number of aromatic nitrogens is 1. The van der Waals surface area contributed by atoms with Gasteiger partial charge in [-0.05, 0) is 31.4 Å². The average Bonchev–Trinajstić information content (AvgIpc) is 2.65. The van der Waals surface area contributed by atoms with Crippen molar-refractivity contribution in [2.45, 2.75) is 31.3 Å². The first-order chi connectivity index (χ1) is 7.31. The molecule has 0 aromatic carbocycles. The Kier molecular flexibility index (Phi) is 2.84. The monoisotopic (exact) mass is 202 g/mol. The summed E-state index contributed by atoms with van der Waals surface area (Å²) in [4.78, 5) is 4.00. The Hall–Kier alpha value is -1.60. The van der Waals surface area contributed by atoms with E-state index in [0.717, 1.165) is 24.9 Å². The number of rotatable bonds is 2. The topological polar surface area (TPSA) is 74.7 Å². The Morgan fingerprint density at radius 2 is 2.40 bits per heavy atom. The summed E-state index contributed by atoms with van der Waals surface area (Å²) >= 11 is 0. The predicted octanol–water partition coefficient (Wildman–Crippen LogP) is 1.24. The van der Waals surface area contributed by atoms with E-state index in [0.29, 0.717) is 5.69 Å². The summed E-state index contributed by atoms with van der Waals surface area (Å²) < 4.78 is 0. The highest BCUT2D eigenvalue weighted by Crippen LogP contribution is 2.22. The van der Waals surface area contributed by atoms with Crippen LogP contribution in [0.5, 0.6) is 0 Å². The van der Waals surface area contributed by atoms with Crippen LogP contribution < -0.4 is 11.1 Å². The summed E-state index contributed by atoms with van der Waals surface area (Å²) in [5.41, 5.74) is 7.19. The van der Waals surface area contributed by atoms with Crippen molar-refractivity contribution < 1.29 is 0 Å². The molecule has 1 fully saturated rings. The van der Waals surface area contributed by atoms with Gasteiger partial charge >= 0.3 is 0 Å². The molecule has 1 aromatic rings. The van der Waals surface area contributed by atoms with Crippen LogP contribution in [0.25, 0.3) is 0 Å². The number of hydrogen-bond acceptors (Lipinski definition) is 4. The van der Waals surface area contributed by atoms with E-state index in [1.54, 1.807) is 6.20 Å². The Morgan fingerprint density at radius 1 is 1.53 bits per heavy atom. The first kappa shape index (κ1) is 9.94. The lowest BCUT2D eigenvalue weighted by molar-refractivity contribution is 0.637. The van der Waals surface area contributed by atoms with Crippen LogP contribution in [0.1, 0.15) is 25.0 Å². The van der Waals surface area contributed by atoms with Crippen LogP contribution in [0.15, 0.2) is 18.3 Å². The summed E-state index contributed by atoms with van der Waals surface area (Å²) in [5.74, 6) is 0. The summed E-state index contributed by atoms with van der Waals surface area (Å²) in [7, 11) is 0. The van der Waals surface area contributed by atoms with Gasteiger partial charge in [0.15, 0.2) is 5.69 Å². The molecular formula is C11H14N4. The molecule has 2 rings (SSSR count). The number of nitrogens with zero attached hydrogens (tertiary/aromatic N) is 2. The van der Waals surface area contributed by atoms with Crippen LogP contribution in [0.4, 0.5) is 5.69 Å². The van der Waals surface area contributed by atoms with E-state index >= 15 is 0 Å². The van der Waals surface area contributed by atoms with Gasteiger partial charge in [0.1, 0.15) is 6.07 Å². The molecule has 15 heavy (non-hydrogen) atoms. The fourth-order valence-electron chi connectivity index (χ4n) is 1.98. The van der Waals surface area contributed by atoms with E-state index in [4.69, 9.17) is 11.0 Å². The first-order valence-corrected chi connectivity index (χ1v) is 5.18. The average molecular weight is 202 g/mol. The minimum absolute atomic E-state index is 0.191. The number of nitrogens with one attached hydrogen (secondary N) is 1. The van der Waals surface area contributed by atoms with Crippen LogP contribution in [0.3, 0.4) is 0 Å². The molecule has 0 bridgehead atoms. The van der Waals surface area contributed by atoms with Crippen molar-refractivity contribution in [1.29, 1.82) is 5.26 Å². The normalized spacial score (nSPS) is 24.8. The smallest absolute Gasteiger partial charge is 0.163 e. The van der Waals surface area contributed by atoms with E-state index < -0.39 is 0 Å². The SMILES string of the molecule is N#Cc1ncccc1NC1CCCC1N. The summed E-state index contributed by atoms with van der Waals surface area (Å²) in [6.07, 6.45) is 4.90. The van der Waals surface area contributed by atoms with E-state index in [1.165, 1.54) is 0 Å². The van der Waals surface area contributed by atoms with Crippen molar-refractivity contribution >= 4 is 5.69 Å². The lowest BCUT2D eigenvalue weighted by Gasteiger charge is -2.18. The predicted molar refractivity (Wildman–Crippen MR) is 58.2 cm³/mol. The quantitative estimate of drug-likeness (QED) is 0.756. The zero-order valence-corrected chi connectivity index (χ0v) is 8.48. The summed E-state index contributed by atoms with van der Waals surface area (Å²) in [6.45, 7) is 0. The van der Waals surface area contributed by atoms with Gasteiger partial charge in [-0.15, -0.1) is 0 Å². The van der Waals surface area contributed by atoms with Crippen molar-refractivity contribution in [3.05, 3.63) is 24.0 Å². The van der Waals surface area contributed by atoms with Gasteiger partial charge in [-0.1, -0.05) is 0 Å². The molecule has 78 valence electrons. The Labute approximate surface area is 89.1 Å². The molecule has 0 radical (unpaired) electrons. The Morgan fingerprint density at radius 3 is 3.07 bits per heavy atom. The van der Waals surface area contributed by atoms with Gasteiger partial charge in [-0.3, -0.25) is 0 Å². The van der Waals surface area contributed by atoms with Gasteiger partial charge in [-0.25, -0.2) is 4.98 Å². The first-order valence-electron chi connectivity index (χ1n) is 5.18. The second-order valence-electron chi connectivity index (χ2n) is 3.86. The van der Waals surface area contributed by atoms with E-state index in [1.807, 2.05) is 12.1 Å². The van der Waals surface area contributed by atoms with Crippen molar-refractivity contribution in [1.82, 2.24) is 4.98 Å². The van der Waals surface area contributed by atoms with Gasteiger partial charge < -0.3 is 11.1 Å². The fourth-order valence-corrected chi connectivity index (χ4v) is 1.98. The van der Waals surface area contributed by atoms with E-state index in [2.05, 4.69) is 16.4 Å². The number of nitriles is 1. The molecule has 1 aliphatic rings.